The van der Waals surface area contributed by atoms with Crippen molar-refractivity contribution in [2.45, 2.75) is 19.0 Å². The Morgan fingerprint density at radius 3 is 2.18 bits per heavy atom. The number of aliphatic carboxylic acids is 1. The van der Waals surface area contributed by atoms with E-state index in [0.717, 1.165) is 16.8 Å². The fourth-order valence-electron chi connectivity index (χ4n) is 3.76. The molecule has 1 heterocycles. The molecule has 3 N–H and O–H groups in total. The molecule has 0 aliphatic carbocycles. The average molecular weight is 563 g/mol. The predicted octanol–water partition coefficient (Wildman–Crippen LogP) is 6.11. The number of carboxylic acid groups (broad SMARTS) is 1. The molecule has 4 rings (SSSR count). The summed E-state index contributed by atoms with van der Waals surface area (Å²) < 4.78 is 0. The molecule has 3 aromatic carbocycles. The Labute approximate surface area is 235 Å². The normalized spacial score (nSPS) is 11.7. The van der Waals surface area contributed by atoms with E-state index >= 15 is 0 Å². The number of nitrogens with one attached hydrogen (secondary N) is 1. The van der Waals surface area contributed by atoms with Crippen LogP contribution in [0.4, 0.5) is 11.6 Å². The number of nitrogens with zero attached hydrogens (tertiary/aromatic N) is 3. The minimum absolute atomic E-state index is 0.0332. The van der Waals surface area contributed by atoms with Crippen molar-refractivity contribution in [3.05, 3.63) is 118 Å². The standard InChI is InChI=1S/C29H24Cl2N4O4/c30-23-5-2-6-24(31)26(23)27(37)34-25(28(38)39)7-1-4-19-8-12-21(13-9-19)35(29-32-16-3-17-33-29)18-20-10-14-22(36)15-11-20/h1-6,8-17,25,36H,7,18H2,(H,34,37)(H,38,39). The molecule has 0 saturated heterocycles. The Bertz CT molecular complexity index is 1440. The van der Waals surface area contributed by atoms with Crippen molar-refractivity contribution >= 4 is 52.8 Å². The van der Waals surface area contributed by atoms with Gasteiger partial charge in [-0.25, -0.2) is 14.8 Å². The summed E-state index contributed by atoms with van der Waals surface area (Å²) >= 11 is 12.1. The fraction of sp³-hybridized carbons (Fsp3) is 0.103. The van der Waals surface area contributed by atoms with Gasteiger partial charge in [0, 0.05) is 18.1 Å². The zero-order valence-corrected chi connectivity index (χ0v) is 22.0. The number of halogens is 2. The second-order valence-corrected chi connectivity index (χ2v) is 9.31. The first kappa shape index (κ1) is 27.6. The molecule has 39 heavy (non-hydrogen) atoms. The summed E-state index contributed by atoms with van der Waals surface area (Å²) in [5.74, 6) is -1.13. The second-order valence-electron chi connectivity index (χ2n) is 8.49. The van der Waals surface area contributed by atoms with E-state index in [-0.39, 0.29) is 27.8 Å². The summed E-state index contributed by atoms with van der Waals surface area (Å²) in [5.41, 5.74) is 2.68. The molecular weight excluding hydrogens is 539 g/mol. The van der Waals surface area contributed by atoms with Crippen LogP contribution in [0.2, 0.25) is 10.0 Å². The Morgan fingerprint density at radius 1 is 0.923 bits per heavy atom. The Hall–Kier alpha value is -4.40. The van der Waals surface area contributed by atoms with Gasteiger partial charge in [-0.1, -0.05) is 65.7 Å². The third kappa shape index (κ3) is 7.34. The number of phenolic OH excluding ortho intramolecular Hbond substituents is 1. The maximum atomic E-state index is 12.6. The molecule has 198 valence electrons. The summed E-state index contributed by atoms with van der Waals surface area (Å²) in [7, 11) is 0. The van der Waals surface area contributed by atoms with Crippen molar-refractivity contribution in [1.82, 2.24) is 15.3 Å². The minimum Gasteiger partial charge on any atom is -0.508 e. The van der Waals surface area contributed by atoms with Crippen molar-refractivity contribution in [3.63, 3.8) is 0 Å². The molecule has 0 fully saturated rings. The lowest BCUT2D eigenvalue weighted by molar-refractivity contribution is -0.139. The van der Waals surface area contributed by atoms with Crippen molar-refractivity contribution in [2.24, 2.45) is 0 Å². The van der Waals surface area contributed by atoms with Crippen LogP contribution < -0.4 is 10.2 Å². The maximum absolute atomic E-state index is 12.6. The van der Waals surface area contributed by atoms with E-state index < -0.39 is 17.9 Å². The number of benzene rings is 3. The highest BCUT2D eigenvalue weighted by Gasteiger charge is 2.22. The second kappa shape index (κ2) is 12.9. The molecule has 0 saturated carbocycles. The predicted molar refractivity (Wildman–Crippen MR) is 151 cm³/mol. The first-order valence-electron chi connectivity index (χ1n) is 11.9. The maximum Gasteiger partial charge on any atom is 0.326 e. The Kier molecular flexibility index (Phi) is 9.14. The molecule has 1 amide bonds. The lowest BCUT2D eigenvalue weighted by atomic mass is 10.1. The van der Waals surface area contributed by atoms with Gasteiger partial charge in [0.2, 0.25) is 5.95 Å². The van der Waals surface area contributed by atoms with E-state index in [1.54, 1.807) is 48.8 Å². The number of phenols is 1. The van der Waals surface area contributed by atoms with E-state index in [9.17, 15) is 19.8 Å². The van der Waals surface area contributed by atoms with Crippen LogP contribution in [0.15, 0.2) is 91.3 Å². The molecule has 0 spiro atoms. The lowest BCUT2D eigenvalue weighted by Crippen LogP contribution is -2.40. The molecule has 1 aromatic heterocycles. The van der Waals surface area contributed by atoms with Crippen molar-refractivity contribution < 1.29 is 19.8 Å². The summed E-state index contributed by atoms with van der Waals surface area (Å²) in [6.07, 6.45) is 6.84. The van der Waals surface area contributed by atoms with E-state index in [1.807, 2.05) is 41.3 Å². The highest BCUT2D eigenvalue weighted by Crippen LogP contribution is 2.26. The molecule has 0 aliphatic heterocycles. The molecule has 0 radical (unpaired) electrons. The van der Waals surface area contributed by atoms with Gasteiger partial charge in [-0.15, -0.1) is 0 Å². The largest absolute Gasteiger partial charge is 0.508 e. The number of aromatic hydroxyl groups is 1. The number of amides is 1. The van der Waals surface area contributed by atoms with Crippen LogP contribution in [0.25, 0.3) is 6.08 Å². The summed E-state index contributed by atoms with van der Waals surface area (Å²) in [6.45, 7) is 0.481. The summed E-state index contributed by atoms with van der Waals surface area (Å²) in [6, 6.07) is 19.7. The van der Waals surface area contributed by atoms with Crippen LogP contribution in [0.1, 0.15) is 27.9 Å². The first-order chi connectivity index (χ1) is 18.8. The van der Waals surface area contributed by atoms with Crippen molar-refractivity contribution in [3.8, 4) is 5.75 Å². The van der Waals surface area contributed by atoms with Crippen molar-refractivity contribution in [1.29, 1.82) is 0 Å². The molecule has 8 nitrogen and oxygen atoms in total. The number of anilines is 2. The number of hydrogen-bond donors (Lipinski definition) is 3. The Balaban J connectivity index is 1.46. The third-order valence-corrected chi connectivity index (χ3v) is 6.38. The highest BCUT2D eigenvalue weighted by molar-refractivity contribution is 6.39. The monoisotopic (exact) mass is 562 g/mol. The van der Waals surface area contributed by atoms with E-state index in [4.69, 9.17) is 23.2 Å². The quantitative estimate of drug-likeness (QED) is 0.213. The smallest absolute Gasteiger partial charge is 0.326 e. The average Bonchev–Trinajstić information content (AvgIpc) is 2.93. The van der Waals surface area contributed by atoms with Crippen LogP contribution >= 0.6 is 23.2 Å². The first-order valence-corrected chi connectivity index (χ1v) is 12.6. The molecule has 1 unspecified atom stereocenters. The van der Waals surface area contributed by atoms with Gasteiger partial charge >= 0.3 is 5.97 Å². The van der Waals surface area contributed by atoms with Crippen LogP contribution in [0.5, 0.6) is 5.75 Å². The van der Waals surface area contributed by atoms with Crippen LogP contribution in [-0.4, -0.2) is 38.1 Å². The SMILES string of the molecule is O=C(NC(CC=Cc1ccc(N(Cc2ccc(O)cc2)c2ncccn2)cc1)C(=O)O)c1c(Cl)cccc1Cl. The third-order valence-electron chi connectivity index (χ3n) is 5.75. The number of aromatic nitrogens is 2. The molecular formula is C29H24Cl2N4O4. The summed E-state index contributed by atoms with van der Waals surface area (Å²) in [4.78, 5) is 35.1. The van der Waals surface area contributed by atoms with Gasteiger partial charge in [0.1, 0.15) is 11.8 Å². The molecule has 1 atom stereocenters. The highest BCUT2D eigenvalue weighted by atomic mass is 35.5. The van der Waals surface area contributed by atoms with E-state index in [0.29, 0.717) is 12.5 Å². The molecule has 0 bridgehead atoms. The van der Waals surface area contributed by atoms with Crippen LogP contribution in [-0.2, 0) is 11.3 Å². The van der Waals surface area contributed by atoms with Gasteiger partial charge < -0.3 is 20.4 Å². The lowest BCUT2D eigenvalue weighted by Gasteiger charge is -2.23. The number of carboxylic acids is 1. The van der Waals surface area contributed by atoms with Gasteiger partial charge in [0.15, 0.2) is 0 Å². The van der Waals surface area contributed by atoms with Crippen molar-refractivity contribution in [2.75, 3.05) is 4.90 Å². The minimum atomic E-state index is -1.18. The number of rotatable bonds is 10. The van der Waals surface area contributed by atoms with Gasteiger partial charge in [-0.3, -0.25) is 4.79 Å². The van der Waals surface area contributed by atoms with E-state index in [1.165, 1.54) is 12.1 Å². The zero-order valence-electron chi connectivity index (χ0n) is 20.5. The van der Waals surface area contributed by atoms with Gasteiger partial charge in [-0.2, -0.15) is 0 Å². The summed E-state index contributed by atoms with van der Waals surface area (Å²) in [5, 5.41) is 22.0. The number of carbonyl (C=O) groups excluding carboxylic acids is 1. The van der Waals surface area contributed by atoms with Gasteiger partial charge in [-0.05, 0) is 60.0 Å². The molecule has 0 aliphatic rings. The number of carbonyl (C=O) groups is 2. The fourth-order valence-corrected chi connectivity index (χ4v) is 4.33. The van der Waals surface area contributed by atoms with E-state index in [2.05, 4.69) is 15.3 Å². The number of hydrogen-bond acceptors (Lipinski definition) is 6. The van der Waals surface area contributed by atoms with Crippen LogP contribution in [0.3, 0.4) is 0 Å². The Morgan fingerprint density at radius 2 is 1.56 bits per heavy atom. The zero-order chi connectivity index (χ0) is 27.8. The topological polar surface area (TPSA) is 116 Å². The van der Waals surface area contributed by atoms with Gasteiger partial charge in [0.05, 0.1) is 22.2 Å². The molecule has 4 aromatic rings. The van der Waals surface area contributed by atoms with Gasteiger partial charge in [0.25, 0.3) is 5.91 Å². The van der Waals surface area contributed by atoms with Crippen LogP contribution in [0, 0.1) is 0 Å². The molecule has 10 heteroatoms.